The van der Waals surface area contributed by atoms with Gasteiger partial charge >= 0.3 is 0 Å². The third-order valence-electron chi connectivity index (χ3n) is 7.74. The molecule has 0 radical (unpaired) electrons. The van der Waals surface area contributed by atoms with Crippen molar-refractivity contribution in [3.63, 3.8) is 0 Å². The molecule has 0 saturated carbocycles. The zero-order chi connectivity index (χ0) is 28.6. The van der Waals surface area contributed by atoms with Crippen LogP contribution in [0.5, 0.6) is 0 Å². The number of para-hydroxylation sites is 1. The maximum atomic E-state index is 6.39. The Morgan fingerprint density at radius 3 is 1.47 bits per heavy atom. The molecule has 2 heterocycles. The van der Waals surface area contributed by atoms with Gasteiger partial charge in [-0.05, 0) is 40.5 Å². The fourth-order valence-electron chi connectivity index (χ4n) is 5.61. The maximum absolute atomic E-state index is 6.39. The van der Waals surface area contributed by atoms with Crippen molar-refractivity contribution in [3.8, 4) is 56.4 Å². The molecule has 43 heavy (non-hydrogen) atoms. The highest BCUT2D eigenvalue weighted by Crippen LogP contribution is 2.39. The van der Waals surface area contributed by atoms with E-state index in [1.807, 2.05) is 72.8 Å². The first-order valence-corrected chi connectivity index (χ1v) is 14.3. The van der Waals surface area contributed by atoms with Crippen molar-refractivity contribution in [1.29, 1.82) is 0 Å². The fourth-order valence-corrected chi connectivity index (χ4v) is 5.61. The van der Waals surface area contributed by atoms with Crippen LogP contribution in [0.2, 0.25) is 0 Å². The number of aromatic nitrogens is 3. The lowest BCUT2D eigenvalue weighted by molar-refractivity contribution is 0.669. The molecule has 8 rings (SSSR count). The van der Waals surface area contributed by atoms with Gasteiger partial charge in [-0.15, -0.1) is 0 Å². The minimum Gasteiger partial charge on any atom is -0.456 e. The SMILES string of the molecule is c1ccc(-c2ccc(-c3nc(-c4ccccc4)nc(-c4cc(-c5ccccc5)cc5oc6ccccc6c45)n3)cc2)cc1. The van der Waals surface area contributed by atoms with Gasteiger partial charge in [0.2, 0.25) is 0 Å². The van der Waals surface area contributed by atoms with Gasteiger partial charge in [0.15, 0.2) is 17.5 Å². The number of rotatable bonds is 5. The summed E-state index contributed by atoms with van der Waals surface area (Å²) in [5.41, 5.74) is 8.84. The molecule has 0 atom stereocenters. The maximum Gasteiger partial charge on any atom is 0.164 e. The Kier molecular flexibility index (Phi) is 6.08. The molecule has 0 unspecified atom stereocenters. The monoisotopic (exact) mass is 551 g/mol. The van der Waals surface area contributed by atoms with Crippen molar-refractivity contribution in [3.05, 3.63) is 152 Å². The van der Waals surface area contributed by atoms with Crippen molar-refractivity contribution in [1.82, 2.24) is 15.0 Å². The highest BCUT2D eigenvalue weighted by Gasteiger charge is 2.19. The third kappa shape index (κ3) is 4.65. The zero-order valence-corrected chi connectivity index (χ0v) is 23.2. The molecule has 0 aliphatic heterocycles. The Morgan fingerprint density at radius 1 is 0.349 bits per heavy atom. The first-order valence-electron chi connectivity index (χ1n) is 14.3. The molecular formula is C39H25N3O. The highest BCUT2D eigenvalue weighted by molar-refractivity contribution is 6.13. The zero-order valence-electron chi connectivity index (χ0n) is 23.2. The van der Waals surface area contributed by atoms with Gasteiger partial charge in [-0.25, -0.2) is 15.0 Å². The van der Waals surface area contributed by atoms with Crippen LogP contribution in [0, 0.1) is 0 Å². The first-order chi connectivity index (χ1) is 21.3. The summed E-state index contributed by atoms with van der Waals surface area (Å²) in [5, 5.41) is 2.02. The van der Waals surface area contributed by atoms with Gasteiger partial charge in [0, 0.05) is 27.5 Å². The summed E-state index contributed by atoms with van der Waals surface area (Å²) < 4.78 is 6.39. The van der Waals surface area contributed by atoms with Gasteiger partial charge in [0.05, 0.1) is 0 Å². The van der Waals surface area contributed by atoms with Gasteiger partial charge in [-0.1, -0.05) is 133 Å². The van der Waals surface area contributed by atoms with Crippen LogP contribution in [0.4, 0.5) is 0 Å². The van der Waals surface area contributed by atoms with Crippen LogP contribution in [0.25, 0.3) is 78.4 Å². The number of hydrogen-bond donors (Lipinski definition) is 0. The standard InChI is InChI=1S/C39H25N3O/c1-4-12-26(13-5-1)28-20-22-30(23-21-28)38-40-37(29-16-8-3-9-17-29)41-39(42-38)33-24-31(27-14-6-2-7-15-27)25-35-36(33)32-18-10-11-19-34(32)43-35/h1-25H. The van der Waals surface area contributed by atoms with Gasteiger partial charge in [-0.3, -0.25) is 0 Å². The number of fused-ring (bicyclic) bond motifs is 3. The summed E-state index contributed by atoms with van der Waals surface area (Å²) >= 11 is 0. The molecule has 0 aliphatic carbocycles. The molecule has 0 amide bonds. The summed E-state index contributed by atoms with van der Waals surface area (Å²) in [4.78, 5) is 15.1. The Balaban J connectivity index is 1.37. The van der Waals surface area contributed by atoms with E-state index in [1.165, 1.54) is 5.56 Å². The van der Waals surface area contributed by atoms with E-state index in [-0.39, 0.29) is 0 Å². The van der Waals surface area contributed by atoms with Crippen molar-refractivity contribution in [2.24, 2.45) is 0 Å². The molecule has 0 saturated heterocycles. The molecule has 4 nitrogen and oxygen atoms in total. The minimum absolute atomic E-state index is 0.602. The van der Waals surface area contributed by atoms with Crippen molar-refractivity contribution in [2.45, 2.75) is 0 Å². The quantitative estimate of drug-likeness (QED) is 0.214. The van der Waals surface area contributed by atoms with E-state index in [4.69, 9.17) is 19.4 Å². The van der Waals surface area contributed by atoms with Crippen molar-refractivity contribution < 1.29 is 4.42 Å². The molecule has 8 aromatic rings. The Hall–Kier alpha value is -5.87. The Morgan fingerprint density at radius 2 is 0.814 bits per heavy atom. The second kappa shape index (κ2) is 10.5. The first kappa shape index (κ1) is 24.9. The smallest absolute Gasteiger partial charge is 0.164 e. The van der Waals surface area contributed by atoms with Crippen LogP contribution in [-0.2, 0) is 0 Å². The number of nitrogens with zero attached hydrogens (tertiary/aromatic N) is 3. The molecule has 2 aromatic heterocycles. The topological polar surface area (TPSA) is 51.8 Å². The Labute approximate surface area is 249 Å². The van der Waals surface area contributed by atoms with E-state index in [1.54, 1.807) is 0 Å². The summed E-state index contributed by atoms with van der Waals surface area (Å²) in [6, 6.07) is 51.6. The van der Waals surface area contributed by atoms with E-state index in [0.717, 1.165) is 55.3 Å². The molecule has 4 heteroatoms. The normalized spacial score (nSPS) is 11.3. The van der Waals surface area contributed by atoms with Crippen LogP contribution < -0.4 is 0 Å². The highest BCUT2D eigenvalue weighted by atomic mass is 16.3. The van der Waals surface area contributed by atoms with Crippen LogP contribution in [-0.4, -0.2) is 15.0 Å². The van der Waals surface area contributed by atoms with Crippen LogP contribution in [0.15, 0.2) is 156 Å². The lowest BCUT2D eigenvalue weighted by atomic mass is 9.98. The molecular weight excluding hydrogens is 526 g/mol. The van der Waals surface area contributed by atoms with E-state index >= 15 is 0 Å². The second-order valence-corrected chi connectivity index (χ2v) is 10.5. The predicted octanol–water partition coefficient (Wildman–Crippen LogP) is 10.1. The summed E-state index contributed by atoms with van der Waals surface area (Å²) in [7, 11) is 0. The van der Waals surface area contributed by atoms with Crippen molar-refractivity contribution >= 4 is 21.9 Å². The minimum atomic E-state index is 0.602. The number of hydrogen-bond acceptors (Lipinski definition) is 4. The van der Waals surface area contributed by atoms with Gasteiger partial charge in [-0.2, -0.15) is 0 Å². The van der Waals surface area contributed by atoms with Gasteiger partial charge in [0.25, 0.3) is 0 Å². The van der Waals surface area contributed by atoms with E-state index in [0.29, 0.717) is 17.5 Å². The molecule has 6 aromatic carbocycles. The van der Waals surface area contributed by atoms with E-state index in [9.17, 15) is 0 Å². The largest absolute Gasteiger partial charge is 0.456 e. The molecule has 202 valence electrons. The van der Waals surface area contributed by atoms with E-state index in [2.05, 4.69) is 78.9 Å². The second-order valence-electron chi connectivity index (χ2n) is 10.5. The lowest BCUT2D eigenvalue weighted by Gasteiger charge is -2.11. The predicted molar refractivity (Wildman–Crippen MR) is 174 cm³/mol. The summed E-state index contributed by atoms with van der Waals surface area (Å²) in [6.45, 7) is 0. The fraction of sp³-hybridized carbons (Fsp3) is 0. The van der Waals surface area contributed by atoms with Gasteiger partial charge in [0.1, 0.15) is 11.2 Å². The van der Waals surface area contributed by atoms with Crippen LogP contribution in [0.3, 0.4) is 0 Å². The molecule has 0 N–H and O–H groups in total. The molecule has 0 fully saturated rings. The number of furan rings is 1. The summed E-state index contributed by atoms with van der Waals surface area (Å²) in [6.07, 6.45) is 0. The summed E-state index contributed by atoms with van der Waals surface area (Å²) in [5.74, 6) is 1.85. The molecule has 0 bridgehead atoms. The average Bonchev–Trinajstić information content (AvgIpc) is 3.47. The molecule has 0 aliphatic rings. The lowest BCUT2D eigenvalue weighted by Crippen LogP contribution is -2.00. The van der Waals surface area contributed by atoms with Crippen molar-refractivity contribution in [2.75, 3.05) is 0 Å². The average molecular weight is 552 g/mol. The Bertz CT molecular complexity index is 2210. The molecule has 0 spiro atoms. The number of benzene rings is 6. The van der Waals surface area contributed by atoms with Crippen LogP contribution >= 0.6 is 0 Å². The van der Waals surface area contributed by atoms with E-state index < -0.39 is 0 Å². The van der Waals surface area contributed by atoms with Gasteiger partial charge < -0.3 is 4.42 Å². The third-order valence-corrected chi connectivity index (χ3v) is 7.74. The van der Waals surface area contributed by atoms with Crippen LogP contribution in [0.1, 0.15) is 0 Å².